The van der Waals surface area contributed by atoms with Crippen molar-refractivity contribution in [2.24, 2.45) is 0 Å². The van der Waals surface area contributed by atoms with Gasteiger partial charge in [0.1, 0.15) is 12.2 Å². The van der Waals surface area contributed by atoms with Crippen molar-refractivity contribution in [3.8, 4) is 0 Å². The summed E-state index contributed by atoms with van der Waals surface area (Å²) in [6.45, 7) is -0.632. The fraction of sp³-hybridized carbons (Fsp3) is 0.238. The summed E-state index contributed by atoms with van der Waals surface area (Å²) in [6, 6.07) is 15.4. The number of aromatic nitrogens is 2. The zero-order valence-electron chi connectivity index (χ0n) is 14.6. The molecule has 0 aliphatic carbocycles. The monoisotopic (exact) mass is 366 g/mol. The maximum atomic E-state index is 11.0. The third-order valence-electron chi connectivity index (χ3n) is 5.19. The minimum Gasteiger partial charge on any atom is -0.394 e. The van der Waals surface area contributed by atoms with E-state index in [9.17, 15) is 20.4 Å². The van der Waals surface area contributed by atoms with Gasteiger partial charge in [-0.25, -0.2) is 0 Å². The first-order valence-corrected chi connectivity index (χ1v) is 8.89. The minimum absolute atomic E-state index is 0.603. The summed E-state index contributed by atoms with van der Waals surface area (Å²) in [5.41, 5.74) is 3.46. The summed E-state index contributed by atoms with van der Waals surface area (Å²) in [5.74, 6) is -0.603. The lowest BCUT2D eigenvalue weighted by molar-refractivity contribution is -0.0804. The quantitative estimate of drug-likeness (QED) is 0.313. The number of H-pyrrole nitrogens is 2. The van der Waals surface area contributed by atoms with Crippen LogP contribution in [-0.2, 0) is 0 Å². The van der Waals surface area contributed by atoms with Gasteiger partial charge in [-0.05, 0) is 23.3 Å². The number of rotatable bonds is 6. The van der Waals surface area contributed by atoms with Crippen LogP contribution in [0.25, 0.3) is 21.8 Å². The predicted octanol–water partition coefficient (Wildman–Crippen LogP) is 1.86. The summed E-state index contributed by atoms with van der Waals surface area (Å²) in [6.07, 6.45) is -0.609. The van der Waals surface area contributed by atoms with Gasteiger partial charge in [0.25, 0.3) is 0 Å². The molecule has 0 amide bonds. The van der Waals surface area contributed by atoms with E-state index in [4.69, 9.17) is 0 Å². The minimum atomic E-state index is -1.50. The van der Waals surface area contributed by atoms with Crippen molar-refractivity contribution < 1.29 is 20.4 Å². The summed E-state index contributed by atoms with van der Waals surface area (Å²) in [7, 11) is 0. The molecule has 3 atom stereocenters. The molecule has 0 spiro atoms. The van der Waals surface area contributed by atoms with Gasteiger partial charge in [-0.2, -0.15) is 0 Å². The summed E-state index contributed by atoms with van der Waals surface area (Å²) in [4.78, 5) is 6.40. The Bertz CT molecular complexity index is 980. The highest BCUT2D eigenvalue weighted by Crippen LogP contribution is 2.38. The number of hydrogen-bond donors (Lipinski definition) is 6. The van der Waals surface area contributed by atoms with E-state index in [1.165, 1.54) is 0 Å². The van der Waals surface area contributed by atoms with E-state index in [0.29, 0.717) is 0 Å². The van der Waals surface area contributed by atoms with Gasteiger partial charge < -0.3 is 30.4 Å². The van der Waals surface area contributed by atoms with Crippen molar-refractivity contribution in [2.75, 3.05) is 6.61 Å². The molecule has 0 saturated heterocycles. The van der Waals surface area contributed by atoms with Gasteiger partial charge in [-0.1, -0.05) is 36.4 Å². The lowest BCUT2D eigenvalue weighted by atomic mass is 9.83. The fourth-order valence-corrected chi connectivity index (χ4v) is 3.77. The second kappa shape index (κ2) is 7.17. The van der Waals surface area contributed by atoms with Crippen molar-refractivity contribution >= 4 is 21.8 Å². The summed E-state index contributed by atoms with van der Waals surface area (Å²) < 4.78 is 0. The number of aromatic amines is 2. The highest BCUT2D eigenvalue weighted by Gasteiger charge is 2.35. The highest BCUT2D eigenvalue weighted by atomic mass is 16.4. The highest BCUT2D eigenvalue weighted by molar-refractivity contribution is 5.88. The number of nitrogens with one attached hydrogen (secondary N) is 2. The van der Waals surface area contributed by atoms with E-state index >= 15 is 0 Å². The average Bonchev–Trinajstić information content (AvgIpc) is 3.32. The van der Waals surface area contributed by atoms with Crippen LogP contribution in [0.15, 0.2) is 60.9 Å². The van der Waals surface area contributed by atoms with Crippen molar-refractivity contribution in [3.63, 3.8) is 0 Å². The van der Waals surface area contributed by atoms with Crippen LogP contribution in [0.1, 0.15) is 17.0 Å². The van der Waals surface area contributed by atoms with E-state index in [-0.39, 0.29) is 0 Å². The second-order valence-electron chi connectivity index (χ2n) is 6.79. The molecule has 2 aromatic carbocycles. The number of hydrogen-bond acceptors (Lipinski definition) is 4. The normalized spacial score (nSPS) is 15.4. The number of fused-ring (bicyclic) bond motifs is 2. The molecule has 2 aromatic heterocycles. The fourth-order valence-electron chi connectivity index (χ4n) is 3.77. The third kappa shape index (κ3) is 3.02. The Morgan fingerprint density at radius 3 is 1.67 bits per heavy atom. The molecule has 0 saturated carbocycles. The first kappa shape index (κ1) is 17.8. The predicted molar refractivity (Wildman–Crippen MR) is 104 cm³/mol. The maximum Gasteiger partial charge on any atom is 0.109 e. The molecule has 0 radical (unpaired) electrons. The molecule has 6 heteroatoms. The Hall–Kier alpha value is -2.64. The van der Waals surface area contributed by atoms with Crippen LogP contribution in [0.3, 0.4) is 0 Å². The van der Waals surface area contributed by atoms with Crippen LogP contribution in [-0.4, -0.2) is 55.3 Å². The molecule has 27 heavy (non-hydrogen) atoms. The van der Waals surface area contributed by atoms with E-state index in [0.717, 1.165) is 32.9 Å². The van der Waals surface area contributed by atoms with Gasteiger partial charge in [0, 0.05) is 40.1 Å². The standard InChI is InChI=1S/C21H22N2O4/c24-11-18(25)20(26)21(27)19(14-9-22-16-7-3-1-5-12(14)16)15-10-23-17-8-4-2-6-13(15)17/h1-10,18-27H,11H2/t18-,20+,21-/m1/s1. The molecule has 0 fully saturated rings. The van der Waals surface area contributed by atoms with Crippen molar-refractivity contribution in [3.05, 3.63) is 72.1 Å². The Kier molecular flexibility index (Phi) is 4.72. The third-order valence-corrected chi connectivity index (χ3v) is 5.19. The summed E-state index contributed by atoms with van der Waals surface area (Å²) in [5, 5.41) is 42.4. The molecule has 0 unspecified atom stereocenters. The van der Waals surface area contributed by atoms with Gasteiger partial charge >= 0.3 is 0 Å². The van der Waals surface area contributed by atoms with Crippen molar-refractivity contribution in [2.45, 2.75) is 24.2 Å². The molecule has 0 bridgehead atoms. The molecule has 4 rings (SSSR count). The van der Waals surface area contributed by atoms with Gasteiger partial charge in [0.15, 0.2) is 0 Å². The van der Waals surface area contributed by atoms with Gasteiger partial charge in [0.05, 0.1) is 12.7 Å². The Morgan fingerprint density at radius 2 is 1.19 bits per heavy atom. The largest absolute Gasteiger partial charge is 0.394 e. The molecular weight excluding hydrogens is 344 g/mol. The first-order chi connectivity index (χ1) is 13.1. The SMILES string of the molecule is OC[C@@H](O)[C@H](O)[C@H](O)C(c1c[nH]c2ccccc12)c1c[nH]c2ccccc12. The Labute approximate surface area is 155 Å². The zero-order valence-corrected chi connectivity index (χ0v) is 14.6. The van der Waals surface area contributed by atoms with Crippen LogP contribution >= 0.6 is 0 Å². The molecule has 0 aliphatic heterocycles. The first-order valence-electron chi connectivity index (χ1n) is 8.89. The molecule has 140 valence electrons. The molecule has 6 N–H and O–H groups in total. The lowest BCUT2D eigenvalue weighted by Crippen LogP contribution is -2.42. The molecular formula is C21H22N2O4. The average molecular weight is 366 g/mol. The summed E-state index contributed by atoms with van der Waals surface area (Å²) >= 11 is 0. The smallest absolute Gasteiger partial charge is 0.109 e. The van der Waals surface area contributed by atoms with Gasteiger partial charge in [-0.3, -0.25) is 0 Å². The van der Waals surface area contributed by atoms with E-state index in [1.807, 2.05) is 60.9 Å². The van der Waals surface area contributed by atoms with Crippen molar-refractivity contribution in [1.82, 2.24) is 9.97 Å². The molecule has 2 heterocycles. The molecule has 4 aromatic rings. The number of aliphatic hydroxyl groups is 4. The molecule has 0 aliphatic rings. The number of benzene rings is 2. The number of para-hydroxylation sites is 2. The maximum absolute atomic E-state index is 11.0. The Balaban J connectivity index is 1.90. The van der Waals surface area contributed by atoms with Gasteiger partial charge in [-0.15, -0.1) is 0 Å². The van der Waals surface area contributed by atoms with Gasteiger partial charge in [0.2, 0.25) is 0 Å². The number of aliphatic hydroxyl groups excluding tert-OH is 4. The Morgan fingerprint density at radius 1 is 0.704 bits per heavy atom. The topological polar surface area (TPSA) is 112 Å². The van der Waals surface area contributed by atoms with Crippen LogP contribution < -0.4 is 0 Å². The van der Waals surface area contributed by atoms with E-state index < -0.39 is 30.8 Å². The second-order valence-corrected chi connectivity index (χ2v) is 6.79. The molecule has 6 nitrogen and oxygen atoms in total. The van der Waals surface area contributed by atoms with Crippen LogP contribution in [0.5, 0.6) is 0 Å². The van der Waals surface area contributed by atoms with Crippen LogP contribution in [0.4, 0.5) is 0 Å². The van der Waals surface area contributed by atoms with Crippen LogP contribution in [0, 0.1) is 0 Å². The van der Waals surface area contributed by atoms with Crippen molar-refractivity contribution in [1.29, 1.82) is 0 Å². The lowest BCUT2D eigenvalue weighted by Gasteiger charge is -2.29. The van der Waals surface area contributed by atoms with Crippen LogP contribution in [0.2, 0.25) is 0 Å². The van der Waals surface area contributed by atoms with E-state index in [2.05, 4.69) is 9.97 Å². The van der Waals surface area contributed by atoms with E-state index in [1.54, 1.807) is 0 Å². The zero-order chi connectivity index (χ0) is 19.0.